The fourth-order valence-corrected chi connectivity index (χ4v) is 1.32. The van der Waals surface area contributed by atoms with Crippen molar-refractivity contribution < 1.29 is 79.0 Å². The quantitative estimate of drug-likeness (QED) is 0.274. The third-order valence-electron chi connectivity index (χ3n) is 2.23. The van der Waals surface area contributed by atoms with E-state index in [4.69, 9.17) is 5.11 Å². The standard InChI is InChI=1S/C10H8F4NO3.K/c1-5-4-6(15(17)18)2-3-7(5)8(11)9(16)10(12,13)14;/h2-4,9,16H,1H3;/q-1;+1. The van der Waals surface area contributed by atoms with Crippen molar-refractivity contribution in [2.75, 3.05) is 0 Å². The Bertz CT molecular complexity index is 467. The molecule has 1 aromatic rings. The summed E-state index contributed by atoms with van der Waals surface area (Å²) in [6, 6.07) is 2.63. The average molecular weight is 305 g/mol. The summed E-state index contributed by atoms with van der Waals surface area (Å²) in [6.45, 7) is 1.21. The maximum absolute atomic E-state index is 13.4. The molecule has 0 aliphatic carbocycles. The Kier molecular flexibility index (Phi) is 6.93. The summed E-state index contributed by atoms with van der Waals surface area (Å²) in [5.41, 5.74) is -0.944. The predicted octanol–water partition coefficient (Wildman–Crippen LogP) is -0.320. The number of aliphatic hydroxyl groups excluding tert-OH is 1. The fraction of sp³-hybridized carbons (Fsp3) is 0.300. The zero-order valence-corrected chi connectivity index (χ0v) is 13.2. The molecule has 0 heterocycles. The smallest absolute Gasteiger partial charge is 0.389 e. The van der Waals surface area contributed by atoms with Gasteiger partial charge in [0.1, 0.15) is 0 Å². The van der Waals surface area contributed by atoms with Crippen molar-refractivity contribution in [3.8, 4) is 0 Å². The van der Waals surface area contributed by atoms with Crippen LogP contribution in [0.25, 0.3) is 0 Å². The average Bonchev–Trinajstić information content (AvgIpc) is 2.25. The van der Waals surface area contributed by atoms with E-state index in [9.17, 15) is 27.7 Å². The number of hydrogen-bond acceptors (Lipinski definition) is 3. The molecule has 0 fully saturated rings. The molecular weight excluding hydrogens is 297 g/mol. The minimum atomic E-state index is -5.13. The zero-order chi connectivity index (χ0) is 14.1. The molecule has 0 aliphatic heterocycles. The first-order chi connectivity index (χ1) is 8.14. The van der Waals surface area contributed by atoms with Gasteiger partial charge in [-0.1, -0.05) is 6.92 Å². The van der Waals surface area contributed by atoms with Gasteiger partial charge in [-0.2, -0.15) is 24.8 Å². The summed E-state index contributed by atoms with van der Waals surface area (Å²) in [7, 11) is 0. The van der Waals surface area contributed by atoms with Crippen LogP contribution >= 0.6 is 0 Å². The van der Waals surface area contributed by atoms with Crippen LogP contribution < -0.4 is 51.4 Å². The van der Waals surface area contributed by atoms with E-state index >= 15 is 0 Å². The number of hydrogen-bond donors (Lipinski definition) is 1. The first kappa shape index (κ1) is 18.8. The van der Waals surface area contributed by atoms with Gasteiger partial charge in [0.05, 0.1) is 4.92 Å². The topological polar surface area (TPSA) is 63.4 Å². The summed E-state index contributed by atoms with van der Waals surface area (Å²) >= 11 is 0. The number of alkyl halides is 3. The Morgan fingerprint density at radius 3 is 2.32 bits per heavy atom. The maximum atomic E-state index is 13.4. The van der Waals surface area contributed by atoms with E-state index < -0.39 is 28.9 Å². The number of halogens is 4. The number of rotatable bonds is 3. The molecule has 4 nitrogen and oxygen atoms in total. The first-order valence-electron chi connectivity index (χ1n) is 4.67. The van der Waals surface area contributed by atoms with Gasteiger partial charge in [0.15, 0.2) is 6.10 Å². The van der Waals surface area contributed by atoms with Gasteiger partial charge in [-0.3, -0.25) is 14.5 Å². The van der Waals surface area contributed by atoms with Crippen LogP contribution in [-0.4, -0.2) is 22.3 Å². The van der Waals surface area contributed by atoms with Crippen molar-refractivity contribution in [3.63, 3.8) is 0 Å². The number of nitro groups is 1. The Hall–Kier alpha value is -0.194. The number of aliphatic hydroxyl groups is 1. The van der Waals surface area contributed by atoms with Crippen molar-refractivity contribution in [2.45, 2.75) is 19.2 Å². The summed E-state index contributed by atoms with van der Waals surface area (Å²) in [5.74, 6) is 0. The summed E-state index contributed by atoms with van der Waals surface area (Å²) in [4.78, 5) is 9.65. The van der Waals surface area contributed by atoms with Gasteiger partial charge in [0.25, 0.3) is 0 Å². The summed E-state index contributed by atoms with van der Waals surface area (Å²) in [5, 5.41) is 19.1. The second-order valence-corrected chi connectivity index (χ2v) is 3.55. The van der Waals surface area contributed by atoms with Crippen LogP contribution in [0.4, 0.5) is 23.2 Å². The van der Waals surface area contributed by atoms with Gasteiger partial charge in [0.2, 0.25) is 5.69 Å². The van der Waals surface area contributed by atoms with Crippen LogP contribution in [0.5, 0.6) is 0 Å². The molecule has 1 rings (SSSR count). The summed E-state index contributed by atoms with van der Waals surface area (Å²) < 4.78 is 49.7. The van der Waals surface area contributed by atoms with Crippen LogP contribution in [0.2, 0.25) is 0 Å². The molecular formula is C10H8F4KNO3. The molecule has 1 atom stereocenters. The minimum Gasteiger partial charge on any atom is -0.389 e. The normalized spacial score (nSPS) is 12.5. The number of aryl methyl sites for hydroxylation is 1. The van der Waals surface area contributed by atoms with Crippen molar-refractivity contribution in [1.82, 2.24) is 0 Å². The predicted molar refractivity (Wildman–Crippen MR) is 53.3 cm³/mol. The molecule has 1 N–H and O–H groups in total. The van der Waals surface area contributed by atoms with E-state index in [1.165, 1.54) is 6.92 Å². The van der Waals surface area contributed by atoms with Gasteiger partial charge < -0.3 is 5.11 Å². The molecule has 0 aromatic heterocycles. The largest absolute Gasteiger partial charge is 1.00 e. The molecule has 0 bridgehead atoms. The molecule has 9 heteroatoms. The van der Waals surface area contributed by atoms with Gasteiger partial charge in [-0.05, 0) is 12.1 Å². The van der Waals surface area contributed by atoms with Gasteiger partial charge in [0, 0.05) is 6.17 Å². The Morgan fingerprint density at radius 2 is 1.95 bits per heavy atom. The Balaban J connectivity index is 0.00000324. The number of nitrogens with zero attached hydrogens (tertiary/aromatic N) is 1. The van der Waals surface area contributed by atoms with Gasteiger partial charge in [-0.15, -0.1) is 5.56 Å². The molecule has 0 amide bonds. The van der Waals surface area contributed by atoms with Crippen LogP contribution in [0.15, 0.2) is 18.2 Å². The van der Waals surface area contributed by atoms with Crippen molar-refractivity contribution in [3.05, 3.63) is 45.6 Å². The molecule has 0 radical (unpaired) electrons. The van der Waals surface area contributed by atoms with E-state index in [1.807, 2.05) is 0 Å². The Morgan fingerprint density at radius 1 is 1.42 bits per heavy atom. The van der Waals surface area contributed by atoms with Crippen LogP contribution in [0.1, 0.15) is 11.1 Å². The van der Waals surface area contributed by atoms with E-state index in [1.54, 1.807) is 0 Å². The van der Waals surface area contributed by atoms with Gasteiger partial charge in [-0.25, -0.2) is 0 Å². The second-order valence-electron chi connectivity index (χ2n) is 3.55. The van der Waals surface area contributed by atoms with Crippen LogP contribution in [0.3, 0.4) is 0 Å². The number of non-ortho nitro benzene ring substituents is 1. The molecule has 1 aromatic carbocycles. The van der Waals surface area contributed by atoms with Crippen LogP contribution in [0, 0.1) is 23.2 Å². The summed E-state index contributed by atoms with van der Waals surface area (Å²) in [6.07, 6.45) is -10.1. The van der Waals surface area contributed by atoms with E-state index in [2.05, 4.69) is 0 Å². The first-order valence-corrected chi connectivity index (χ1v) is 4.67. The van der Waals surface area contributed by atoms with E-state index in [-0.39, 0.29) is 62.6 Å². The van der Waals surface area contributed by atoms with Crippen molar-refractivity contribution in [2.24, 2.45) is 0 Å². The minimum absolute atomic E-state index is 0. The molecule has 100 valence electrons. The molecule has 19 heavy (non-hydrogen) atoms. The molecule has 0 spiro atoms. The molecule has 0 saturated heterocycles. The SMILES string of the molecule is Cc1cc([N+](=O)[O-])ccc1[C-](F)C(O)C(F)(F)F.[K+]. The Labute approximate surface area is 148 Å². The molecule has 0 aliphatic rings. The van der Waals surface area contributed by atoms with E-state index in [0.29, 0.717) is 0 Å². The monoisotopic (exact) mass is 305 g/mol. The third-order valence-corrected chi connectivity index (χ3v) is 2.23. The van der Waals surface area contributed by atoms with Gasteiger partial charge >= 0.3 is 57.6 Å². The van der Waals surface area contributed by atoms with E-state index in [0.717, 1.165) is 18.2 Å². The third kappa shape index (κ3) is 4.69. The maximum Gasteiger partial charge on any atom is 1.00 e. The van der Waals surface area contributed by atoms with Crippen LogP contribution in [-0.2, 0) is 0 Å². The molecule has 1 unspecified atom stereocenters. The zero-order valence-electron chi connectivity index (χ0n) is 10.0. The second kappa shape index (κ2) is 7.00. The molecule has 0 saturated carbocycles. The number of nitro benzene ring substituents is 1. The number of benzene rings is 1. The fourth-order valence-electron chi connectivity index (χ4n) is 1.32. The van der Waals surface area contributed by atoms with Crippen molar-refractivity contribution >= 4 is 5.69 Å². The van der Waals surface area contributed by atoms with Crippen molar-refractivity contribution in [1.29, 1.82) is 0 Å².